The van der Waals surface area contributed by atoms with Crippen LogP contribution >= 0.6 is 0 Å². The average Bonchev–Trinajstić information content (AvgIpc) is 3.33. The summed E-state index contributed by atoms with van der Waals surface area (Å²) in [6, 6.07) is 24.7. The summed E-state index contributed by atoms with van der Waals surface area (Å²) in [6.45, 7) is 3.46. The molecule has 0 amide bonds. The maximum Gasteiger partial charge on any atom is 0.233 e. The summed E-state index contributed by atoms with van der Waals surface area (Å²) in [4.78, 5) is 6.52. The van der Waals surface area contributed by atoms with E-state index in [9.17, 15) is 0 Å². The number of rotatable bonds is 8. The van der Waals surface area contributed by atoms with Crippen molar-refractivity contribution < 1.29 is 9.47 Å². The van der Waals surface area contributed by atoms with Crippen LogP contribution in [0, 0.1) is 0 Å². The van der Waals surface area contributed by atoms with Crippen LogP contribution in [-0.2, 0) is 4.74 Å². The second kappa shape index (κ2) is 9.89. The van der Waals surface area contributed by atoms with Crippen molar-refractivity contribution in [1.29, 1.82) is 0 Å². The molecule has 0 spiro atoms. The zero-order valence-corrected chi connectivity index (χ0v) is 18.0. The van der Waals surface area contributed by atoms with Crippen LogP contribution in [0.25, 0.3) is 5.65 Å². The summed E-state index contributed by atoms with van der Waals surface area (Å²) >= 11 is 0. The molecule has 0 bridgehead atoms. The molecule has 2 aromatic carbocycles. The summed E-state index contributed by atoms with van der Waals surface area (Å²) in [5, 5.41) is 8.35. The minimum Gasteiger partial charge on any atom is -0.475 e. The predicted molar refractivity (Wildman–Crippen MR) is 122 cm³/mol. The summed E-state index contributed by atoms with van der Waals surface area (Å²) in [5.41, 5.74) is 3.11. The molecule has 164 valence electrons. The van der Waals surface area contributed by atoms with Gasteiger partial charge in [-0.3, -0.25) is 4.90 Å². The third-order valence-corrected chi connectivity index (χ3v) is 5.85. The van der Waals surface area contributed by atoms with E-state index in [-0.39, 0.29) is 12.2 Å². The van der Waals surface area contributed by atoms with Gasteiger partial charge in [0.1, 0.15) is 19.0 Å². The molecule has 0 radical (unpaired) electrons. The molecule has 7 heteroatoms. The van der Waals surface area contributed by atoms with E-state index in [1.807, 2.05) is 24.3 Å². The molecule has 0 N–H and O–H groups in total. The van der Waals surface area contributed by atoms with Crippen LogP contribution in [0.4, 0.5) is 0 Å². The van der Waals surface area contributed by atoms with Crippen molar-refractivity contribution in [3.05, 3.63) is 90.3 Å². The Morgan fingerprint density at radius 2 is 1.56 bits per heavy atom. The number of nitrogens with zero attached hydrogens (tertiary/aromatic N) is 5. The summed E-state index contributed by atoms with van der Waals surface area (Å²) in [5.74, 6) is 0.565. The molecule has 7 nitrogen and oxygen atoms in total. The lowest BCUT2D eigenvalue weighted by molar-refractivity contribution is -0.0282. The van der Waals surface area contributed by atoms with Crippen LogP contribution in [0.15, 0.2) is 79.1 Å². The highest BCUT2D eigenvalue weighted by molar-refractivity contribution is 5.35. The van der Waals surface area contributed by atoms with E-state index < -0.39 is 0 Å². The molecule has 0 saturated carbocycles. The molecule has 3 heterocycles. The minimum absolute atomic E-state index is 0.0324. The van der Waals surface area contributed by atoms with Gasteiger partial charge in [-0.1, -0.05) is 60.7 Å². The highest BCUT2D eigenvalue weighted by atomic mass is 16.5. The smallest absolute Gasteiger partial charge is 0.233 e. The number of benzene rings is 2. The molecule has 2 aromatic heterocycles. The zero-order valence-electron chi connectivity index (χ0n) is 18.0. The van der Waals surface area contributed by atoms with Crippen molar-refractivity contribution in [2.24, 2.45) is 0 Å². The van der Waals surface area contributed by atoms with Crippen molar-refractivity contribution >= 4 is 5.65 Å². The molecule has 1 fully saturated rings. The summed E-state index contributed by atoms with van der Waals surface area (Å²) < 4.78 is 13.9. The predicted octanol–water partition coefficient (Wildman–Crippen LogP) is 3.77. The van der Waals surface area contributed by atoms with Gasteiger partial charge in [0.25, 0.3) is 0 Å². The number of fused-ring (bicyclic) bond motifs is 1. The van der Waals surface area contributed by atoms with Gasteiger partial charge in [-0.15, -0.1) is 14.8 Å². The van der Waals surface area contributed by atoms with E-state index in [1.54, 1.807) is 0 Å². The molecule has 1 aliphatic rings. The zero-order chi connectivity index (χ0) is 21.6. The molecule has 4 aromatic rings. The fourth-order valence-corrected chi connectivity index (χ4v) is 4.13. The van der Waals surface area contributed by atoms with E-state index in [0.717, 1.165) is 32.5 Å². The lowest BCUT2D eigenvalue weighted by Gasteiger charge is -2.34. The first kappa shape index (κ1) is 20.6. The fraction of sp³-hybridized carbons (Fsp3) is 0.320. The van der Waals surface area contributed by atoms with Gasteiger partial charge in [-0.2, -0.15) is 0 Å². The third-order valence-electron chi connectivity index (χ3n) is 5.85. The Balaban J connectivity index is 1.12. The van der Waals surface area contributed by atoms with Crippen molar-refractivity contribution in [3.8, 4) is 5.88 Å². The first-order valence-corrected chi connectivity index (χ1v) is 11.1. The highest BCUT2D eigenvalue weighted by Gasteiger charge is 2.24. The van der Waals surface area contributed by atoms with Crippen molar-refractivity contribution in [1.82, 2.24) is 24.7 Å². The van der Waals surface area contributed by atoms with Gasteiger partial charge in [-0.05, 0) is 30.0 Å². The first-order chi connectivity index (χ1) is 15.8. The van der Waals surface area contributed by atoms with Crippen LogP contribution in [0.5, 0.6) is 5.88 Å². The number of hydrogen-bond acceptors (Lipinski definition) is 6. The fourth-order valence-electron chi connectivity index (χ4n) is 4.13. The average molecular weight is 430 g/mol. The Morgan fingerprint density at radius 1 is 0.875 bits per heavy atom. The number of aromatic nitrogens is 4. The Morgan fingerprint density at radius 3 is 2.25 bits per heavy atom. The molecule has 1 saturated heterocycles. The SMILES string of the molecule is c1ccc(C(OC2CCN(CCOc3ccc4ncnn4n3)CC2)c2ccccc2)cc1. The normalized spacial score (nSPS) is 15.4. The number of hydrogen-bond donors (Lipinski definition) is 0. The number of piperidine rings is 1. The van der Waals surface area contributed by atoms with Crippen molar-refractivity contribution in [3.63, 3.8) is 0 Å². The van der Waals surface area contributed by atoms with E-state index in [4.69, 9.17) is 9.47 Å². The van der Waals surface area contributed by atoms with Crippen LogP contribution in [0.2, 0.25) is 0 Å². The number of ether oxygens (including phenoxy) is 2. The Labute approximate surface area is 187 Å². The topological polar surface area (TPSA) is 64.8 Å². The van der Waals surface area contributed by atoms with Crippen LogP contribution in [0.3, 0.4) is 0 Å². The molecule has 1 aliphatic heterocycles. The molecule has 5 rings (SSSR count). The Hall–Kier alpha value is -3.29. The maximum absolute atomic E-state index is 6.64. The molecule has 0 atom stereocenters. The van der Waals surface area contributed by atoms with E-state index in [1.165, 1.54) is 22.1 Å². The maximum atomic E-state index is 6.64. The summed E-state index contributed by atoms with van der Waals surface area (Å²) in [7, 11) is 0. The van der Waals surface area contributed by atoms with Crippen molar-refractivity contribution in [2.75, 3.05) is 26.2 Å². The second-order valence-electron chi connectivity index (χ2n) is 8.01. The highest BCUT2D eigenvalue weighted by Crippen LogP contribution is 2.29. The van der Waals surface area contributed by atoms with Gasteiger partial charge in [0.15, 0.2) is 5.65 Å². The van der Waals surface area contributed by atoms with Gasteiger partial charge >= 0.3 is 0 Å². The standard InChI is InChI=1S/C25H27N5O2/c1-3-7-20(8-4-1)25(21-9-5-2-6-10-21)32-22-13-15-29(16-14-22)17-18-31-24-12-11-23-26-19-27-30(23)28-24/h1-12,19,22,25H,13-18H2. The molecule has 0 aliphatic carbocycles. The van der Waals surface area contributed by atoms with Crippen LogP contribution < -0.4 is 4.74 Å². The second-order valence-corrected chi connectivity index (χ2v) is 8.01. The largest absolute Gasteiger partial charge is 0.475 e. The lowest BCUT2D eigenvalue weighted by Crippen LogP contribution is -2.39. The third kappa shape index (κ3) is 4.95. The monoisotopic (exact) mass is 429 g/mol. The molecule has 0 unspecified atom stereocenters. The quantitative estimate of drug-likeness (QED) is 0.425. The van der Waals surface area contributed by atoms with Gasteiger partial charge in [-0.25, -0.2) is 4.98 Å². The molecular weight excluding hydrogens is 402 g/mol. The van der Waals surface area contributed by atoms with Crippen LogP contribution in [-0.4, -0.2) is 57.1 Å². The number of likely N-dealkylation sites (tertiary alicyclic amines) is 1. The van der Waals surface area contributed by atoms with E-state index in [0.29, 0.717) is 18.1 Å². The van der Waals surface area contributed by atoms with E-state index in [2.05, 4.69) is 68.6 Å². The van der Waals surface area contributed by atoms with E-state index >= 15 is 0 Å². The van der Waals surface area contributed by atoms with Gasteiger partial charge in [0.2, 0.25) is 5.88 Å². The van der Waals surface area contributed by atoms with Gasteiger partial charge < -0.3 is 9.47 Å². The van der Waals surface area contributed by atoms with Gasteiger partial charge in [0.05, 0.1) is 6.10 Å². The molecular formula is C25H27N5O2. The van der Waals surface area contributed by atoms with Crippen molar-refractivity contribution in [2.45, 2.75) is 25.0 Å². The molecule has 32 heavy (non-hydrogen) atoms. The van der Waals surface area contributed by atoms with Crippen LogP contribution in [0.1, 0.15) is 30.1 Å². The summed E-state index contributed by atoms with van der Waals surface area (Å²) in [6.07, 6.45) is 3.72. The Bertz CT molecular complexity index is 1070. The lowest BCUT2D eigenvalue weighted by atomic mass is 10.00. The van der Waals surface area contributed by atoms with Gasteiger partial charge in [0, 0.05) is 25.7 Å². The minimum atomic E-state index is -0.0324. The first-order valence-electron chi connectivity index (χ1n) is 11.1. The Kier molecular flexibility index (Phi) is 6.37.